The van der Waals surface area contributed by atoms with Crippen LogP contribution < -0.4 is 0 Å². The Kier molecular flexibility index (Phi) is 22.7. The molecule has 0 amide bonds. The Hall–Kier alpha value is -0.300. The molecule has 0 bridgehead atoms. The summed E-state index contributed by atoms with van der Waals surface area (Å²) in [6.45, 7) is 20.8. The molecule has 1 saturated carbocycles. The first-order valence-corrected chi connectivity index (χ1v) is 9.62. The fourth-order valence-corrected chi connectivity index (χ4v) is 2.32. The molecule has 1 heteroatoms. The van der Waals surface area contributed by atoms with Gasteiger partial charge in [-0.1, -0.05) is 92.7 Å². The molecule has 0 unspecified atom stereocenters. The van der Waals surface area contributed by atoms with E-state index in [1.165, 1.54) is 56.9 Å². The summed E-state index contributed by atoms with van der Waals surface area (Å²) in [5.74, 6) is 0. The van der Waals surface area contributed by atoms with E-state index >= 15 is 0 Å². The van der Waals surface area contributed by atoms with Crippen molar-refractivity contribution in [2.75, 3.05) is 7.11 Å². The van der Waals surface area contributed by atoms with Crippen molar-refractivity contribution in [1.82, 2.24) is 0 Å². The van der Waals surface area contributed by atoms with Crippen LogP contribution in [-0.4, -0.2) is 13.2 Å². The van der Waals surface area contributed by atoms with Crippen LogP contribution >= 0.6 is 0 Å². The van der Waals surface area contributed by atoms with Gasteiger partial charge in [0.1, 0.15) is 0 Å². The molecule has 0 aromatic heterocycles. The Labute approximate surface area is 142 Å². The second-order valence-corrected chi connectivity index (χ2v) is 6.26. The molecule has 1 nitrogen and oxygen atoms in total. The van der Waals surface area contributed by atoms with Crippen molar-refractivity contribution in [3.8, 4) is 0 Å². The summed E-state index contributed by atoms with van der Waals surface area (Å²) in [5.41, 5.74) is 1.65. The van der Waals surface area contributed by atoms with Crippen LogP contribution in [0, 0.1) is 5.41 Å². The van der Waals surface area contributed by atoms with Crippen molar-refractivity contribution < 1.29 is 4.74 Å². The van der Waals surface area contributed by atoms with Crippen molar-refractivity contribution in [2.45, 2.75) is 113 Å². The molecule has 1 fully saturated rings. The Bertz CT molecular complexity index is 210. The number of rotatable bonds is 4. The summed E-state index contributed by atoms with van der Waals surface area (Å²) < 4.78 is 5.27. The third-order valence-corrected chi connectivity index (χ3v) is 4.17. The number of hydrogen-bond donors (Lipinski definition) is 0. The van der Waals surface area contributed by atoms with Crippen molar-refractivity contribution in [3.63, 3.8) is 0 Å². The molecule has 22 heavy (non-hydrogen) atoms. The first-order chi connectivity index (χ1) is 10.4. The zero-order valence-electron chi connectivity index (χ0n) is 17.3. The van der Waals surface area contributed by atoms with Gasteiger partial charge in [0.05, 0.1) is 6.10 Å². The van der Waals surface area contributed by atoms with Gasteiger partial charge in [-0.15, -0.1) is 0 Å². The van der Waals surface area contributed by atoms with Crippen molar-refractivity contribution >= 4 is 0 Å². The Balaban J connectivity index is -0.000000267. The number of methoxy groups -OCH3 is 1. The molecule has 0 aromatic rings. The third kappa shape index (κ3) is 16.1. The first-order valence-electron chi connectivity index (χ1n) is 9.62. The highest BCUT2D eigenvalue weighted by molar-refractivity contribution is 5.02. The molecule has 1 aliphatic carbocycles. The second-order valence-electron chi connectivity index (χ2n) is 6.26. The van der Waals surface area contributed by atoms with Gasteiger partial charge in [0.15, 0.2) is 0 Å². The molecule has 0 saturated heterocycles. The molecule has 0 spiro atoms. The minimum absolute atomic E-state index is 0.356. The molecule has 0 N–H and O–H groups in total. The van der Waals surface area contributed by atoms with Crippen LogP contribution in [0.5, 0.6) is 0 Å². The first kappa shape index (κ1) is 26.6. The highest BCUT2D eigenvalue weighted by Crippen LogP contribution is 2.29. The van der Waals surface area contributed by atoms with E-state index in [9.17, 15) is 0 Å². The summed E-state index contributed by atoms with van der Waals surface area (Å²) in [6.07, 6.45) is 11.2. The molecule has 136 valence electrons. The highest BCUT2D eigenvalue weighted by Gasteiger charge is 2.16. The van der Waals surface area contributed by atoms with Crippen LogP contribution in [0.25, 0.3) is 0 Å². The Morgan fingerprint density at radius 3 is 1.64 bits per heavy atom. The lowest BCUT2D eigenvalue weighted by Crippen LogP contribution is -2.10. The van der Waals surface area contributed by atoms with Crippen LogP contribution in [0.4, 0.5) is 0 Å². The average molecular weight is 315 g/mol. The van der Waals surface area contributed by atoms with Gasteiger partial charge in [-0.3, -0.25) is 0 Å². The Morgan fingerprint density at radius 1 is 1.00 bits per heavy atom. The molecule has 0 aromatic carbocycles. The van der Waals surface area contributed by atoms with Gasteiger partial charge >= 0.3 is 0 Å². The van der Waals surface area contributed by atoms with E-state index in [0.717, 1.165) is 0 Å². The molecule has 0 atom stereocenters. The van der Waals surface area contributed by atoms with Crippen molar-refractivity contribution in [2.24, 2.45) is 5.41 Å². The van der Waals surface area contributed by atoms with Gasteiger partial charge in [0.2, 0.25) is 0 Å². The van der Waals surface area contributed by atoms with E-state index in [0.29, 0.717) is 11.5 Å². The van der Waals surface area contributed by atoms with E-state index in [1.54, 1.807) is 0 Å². The maximum Gasteiger partial charge on any atom is 0.0571 e. The van der Waals surface area contributed by atoms with E-state index in [-0.39, 0.29) is 0 Å². The van der Waals surface area contributed by atoms with Crippen LogP contribution in [0.2, 0.25) is 0 Å². The fraction of sp³-hybridized carbons (Fsp3) is 0.905. The molecule has 0 radical (unpaired) electrons. The summed E-state index contributed by atoms with van der Waals surface area (Å²) >= 11 is 0. The average Bonchev–Trinajstić information content (AvgIpc) is 2.80. The lowest BCUT2D eigenvalue weighted by molar-refractivity contribution is 0.0900. The van der Waals surface area contributed by atoms with E-state index in [1.807, 2.05) is 34.8 Å². The van der Waals surface area contributed by atoms with Gasteiger partial charge in [0.25, 0.3) is 0 Å². The van der Waals surface area contributed by atoms with E-state index < -0.39 is 0 Å². The largest absolute Gasteiger partial charge is 0.381 e. The monoisotopic (exact) mass is 314 g/mol. The second kappa shape index (κ2) is 18.7. The van der Waals surface area contributed by atoms with Crippen LogP contribution in [0.15, 0.2) is 12.2 Å². The quantitative estimate of drug-likeness (QED) is 0.380. The maximum atomic E-state index is 5.27. The number of allylic oxidation sites excluding steroid dienone is 1. The molecule has 0 aliphatic heterocycles. The van der Waals surface area contributed by atoms with Gasteiger partial charge in [-0.2, -0.15) is 0 Å². The SMILES string of the molecule is C=C(C)C(C)(C)CCC.CC.CC.COC1CCCCCC1. The van der Waals surface area contributed by atoms with Gasteiger partial charge in [-0.25, -0.2) is 0 Å². The molecule has 1 rings (SSSR count). The smallest absolute Gasteiger partial charge is 0.0571 e. The Morgan fingerprint density at radius 2 is 1.41 bits per heavy atom. The third-order valence-electron chi connectivity index (χ3n) is 4.17. The normalized spacial score (nSPS) is 15.0. The van der Waals surface area contributed by atoms with Crippen LogP contribution in [0.3, 0.4) is 0 Å². The minimum Gasteiger partial charge on any atom is -0.381 e. The van der Waals surface area contributed by atoms with Gasteiger partial charge < -0.3 is 4.74 Å². The van der Waals surface area contributed by atoms with E-state index in [4.69, 9.17) is 4.74 Å². The zero-order valence-corrected chi connectivity index (χ0v) is 17.3. The summed E-state index contributed by atoms with van der Waals surface area (Å²) in [4.78, 5) is 0. The zero-order chi connectivity index (χ0) is 18.0. The summed E-state index contributed by atoms with van der Waals surface area (Å²) in [7, 11) is 1.83. The minimum atomic E-state index is 0.356. The summed E-state index contributed by atoms with van der Waals surface area (Å²) in [5, 5.41) is 0. The van der Waals surface area contributed by atoms with E-state index in [2.05, 4.69) is 34.3 Å². The molecule has 1 aliphatic rings. The topological polar surface area (TPSA) is 9.23 Å². The molecule has 0 heterocycles. The standard InChI is InChI=1S/C9H18.C8H16O.2C2H6/c1-6-7-9(4,5)8(2)3;1-9-8-6-4-2-3-5-7-8;2*1-2/h2,6-7H2,1,3-5H3;8H,2-7H2,1H3;2*1-2H3. The predicted octanol–water partition coefficient (Wildman–Crippen LogP) is 7.80. The molecular formula is C21H46O. The summed E-state index contributed by atoms with van der Waals surface area (Å²) in [6, 6.07) is 0. The molecular weight excluding hydrogens is 268 g/mol. The lowest BCUT2D eigenvalue weighted by Gasteiger charge is -2.23. The fourth-order valence-electron chi connectivity index (χ4n) is 2.32. The van der Waals surface area contributed by atoms with Crippen LogP contribution in [0.1, 0.15) is 107 Å². The van der Waals surface area contributed by atoms with Crippen molar-refractivity contribution in [1.29, 1.82) is 0 Å². The van der Waals surface area contributed by atoms with Crippen LogP contribution in [-0.2, 0) is 4.74 Å². The maximum absolute atomic E-state index is 5.27. The van der Waals surface area contributed by atoms with Crippen molar-refractivity contribution in [3.05, 3.63) is 12.2 Å². The van der Waals surface area contributed by atoms with Gasteiger partial charge in [0, 0.05) is 7.11 Å². The predicted molar refractivity (Wildman–Crippen MR) is 105 cm³/mol. The lowest BCUT2D eigenvalue weighted by atomic mass is 9.82. The number of hydrogen-bond acceptors (Lipinski definition) is 1. The number of ether oxygens (including phenoxy) is 1. The highest BCUT2D eigenvalue weighted by atomic mass is 16.5. The van der Waals surface area contributed by atoms with Gasteiger partial charge in [-0.05, 0) is 31.6 Å².